The van der Waals surface area contributed by atoms with Crippen molar-refractivity contribution in [1.82, 2.24) is 5.43 Å². The maximum atomic E-state index is 11.9. The van der Waals surface area contributed by atoms with Gasteiger partial charge in [0.05, 0.1) is 13.7 Å². The normalized spacial score (nSPS) is 9.95. The molecule has 1 amide bonds. The molecule has 0 aliphatic carbocycles. The summed E-state index contributed by atoms with van der Waals surface area (Å²) in [7, 11) is 1.46. The van der Waals surface area contributed by atoms with Gasteiger partial charge >= 0.3 is 0 Å². The smallest absolute Gasteiger partial charge is 0.234 e. The van der Waals surface area contributed by atoms with Gasteiger partial charge in [-0.15, -0.1) is 0 Å². The van der Waals surface area contributed by atoms with Crippen molar-refractivity contribution in [3.63, 3.8) is 0 Å². The first-order chi connectivity index (χ1) is 9.62. The maximum Gasteiger partial charge on any atom is 0.234 e. The first-order valence-corrected chi connectivity index (χ1v) is 6.06. The lowest BCUT2D eigenvalue weighted by Gasteiger charge is -2.11. The minimum Gasteiger partial charge on any atom is -0.493 e. The molecule has 0 radical (unpaired) electrons. The Morgan fingerprint density at radius 2 is 2.05 bits per heavy atom. The molecule has 0 saturated heterocycles. The van der Waals surface area contributed by atoms with E-state index in [1.807, 2.05) is 5.43 Å². The van der Waals surface area contributed by atoms with Crippen molar-refractivity contribution in [2.75, 3.05) is 20.3 Å². The van der Waals surface area contributed by atoms with Crippen LogP contribution < -0.4 is 20.7 Å². The van der Waals surface area contributed by atoms with Gasteiger partial charge in [0.15, 0.2) is 17.3 Å². The molecular weight excluding hydrogens is 264 g/mol. The van der Waals surface area contributed by atoms with Gasteiger partial charge in [-0.3, -0.25) is 15.0 Å². The molecule has 20 heavy (non-hydrogen) atoms. The van der Waals surface area contributed by atoms with Crippen LogP contribution in [0.3, 0.4) is 0 Å². The van der Waals surface area contributed by atoms with E-state index in [1.54, 1.807) is 12.1 Å². The van der Waals surface area contributed by atoms with E-state index >= 15 is 0 Å². The van der Waals surface area contributed by atoms with Crippen LogP contribution in [0.1, 0.15) is 23.2 Å². The van der Waals surface area contributed by atoms with Crippen molar-refractivity contribution in [3.05, 3.63) is 23.8 Å². The fraction of sp³-hybridized carbons (Fsp3) is 0.385. The summed E-state index contributed by atoms with van der Waals surface area (Å²) < 4.78 is 10.4. The minimum absolute atomic E-state index is 0.0282. The van der Waals surface area contributed by atoms with E-state index in [4.69, 9.17) is 20.4 Å². The number of benzene rings is 1. The maximum absolute atomic E-state index is 11.9. The summed E-state index contributed by atoms with van der Waals surface area (Å²) in [4.78, 5) is 22.9. The number of hydrogen-bond acceptors (Lipinski definition) is 6. The monoisotopic (exact) mass is 282 g/mol. The molecular formula is C13H18N2O5. The Hall–Kier alpha value is -2.12. The second kappa shape index (κ2) is 8.13. The fourth-order valence-corrected chi connectivity index (χ4v) is 1.56. The average Bonchev–Trinajstić information content (AvgIpc) is 2.49. The number of nitrogens with one attached hydrogen (secondary N) is 1. The van der Waals surface area contributed by atoms with Crippen LogP contribution >= 0.6 is 0 Å². The zero-order valence-electron chi connectivity index (χ0n) is 11.2. The molecule has 0 spiro atoms. The highest BCUT2D eigenvalue weighted by atomic mass is 16.5. The Morgan fingerprint density at radius 1 is 1.30 bits per heavy atom. The molecule has 0 atom stereocenters. The molecule has 4 N–H and O–H groups in total. The van der Waals surface area contributed by atoms with Crippen LogP contribution in [-0.2, 0) is 4.79 Å². The number of carbonyl (C=O) groups excluding carboxylic acids is 2. The third-order valence-electron chi connectivity index (χ3n) is 2.57. The Balaban J connectivity index is 2.75. The van der Waals surface area contributed by atoms with Gasteiger partial charge in [0, 0.05) is 18.4 Å². The predicted molar refractivity (Wildman–Crippen MR) is 71.5 cm³/mol. The molecule has 0 aliphatic heterocycles. The van der Waals surface area contributed by atoms with E-state index in [2.05, 4.69) is 0 Å². The molecule has 7 heteroatoms. The topological polar surface area (TPSA) is 111 Å². The Bertz CT molecular complexity index is 476. The van der Waals surface area contributed by atoms with Gasteiger partial charge in [0.2, 0.25) is 5.91 Å². The molecule has 7 nitrogen and oxygen atoms in total. The molecule has 0 bridgehead atoms. The van der Waals surface area contributed by atoms with Crippen LogP contribution in [0, 0.1) is 0 Å². The average molecular weight is 282 g/mol. The first kappa shape index (κ1) is 15.9. The summed E-state index contributed by atoms with van der Waals surface area (Å²) >= 11 is 0. The van der Waals surface area contributed by atoms with Crippen molar-refractivity contribution < 1.29 is 24.2 Å². The highest BCUT2D eigenvalue weighted by Gasteiger charge is 2.12. The van der Waals surface area contributed by atoms with Gasteiger partial charge in [0.25, 0.3) is 0 Å². The summed E-state index contributed by atoms with van der Waals surface area (Å²) in [6.45, 7) is 0.0262. The molecule has 0 saturated carbocycles. The van der Waals surface area contributed by atoms with E-state index in [9.17, 15) is 9.59 Å². The molecule has 1 rings (SSSR count). The number of aliphatic hydroxyl groups excluding tert-OH is 1. The van der Waals surface area contributed by atoms with Crippen LogP contribution in [0.5, 0.6) is 11.5 Å². The van der Waals surface area contributed by atoms with Crippen molar-refractivity contribution in [1.29, 1.82) is 0 Å². The lowest BCUT2D eigenvalue weighted by atomic mass is 10.1. The number of rotatable bonds is 8. The van der Waals surface area contributed by atoms with E-state index < -0.39 is 5.91 Å². The first-order valence-electron chi connectivity index (χ1n) is 6.06. The number of aliphatic hydroxyl groups is 1. The third-order valence-corrected chi connectivity index (χ3v) is 2.57. The van der Waals surface area contributed by atoms with Crippen LogP contribution in [0.2, 0.25) is 0 Å². The van der Waals surface area contributed by atoms with Crippen molar-refractivity contribution >= 4 is 11.7 Å². The number of methoxy groups -OCH3 is 1. The molecule has 0 heterocycles. The Morgan fingerprint density at radius 3 is 2.65 bits per heavy atom. The predicted octanol–water partition coefficient (Wildman–Crippen LogP) is 0.0191. The van der Waals surface area contributed by atoms with Crippen molar-refractivity contribution in [2.45, 2.75) is 12.8 Å². The number of carbonyl (C=O) groups is 2. The highest BCUT2D eigenvalue weighted by molar-refractivity contribution is 5.98. The lowest BCUT2D eigenvalue weighted by molar-refractivity contribution is -0.121. The Kier molecular flexibility index (Phi) is 6.48. The largest absolute Gasteiger partial charge is 0.493 e. The molecule has 1 aromatic rings. The number of ether oxygens (including phenoxy) is 2. The van der Waals surface area contributed by atoms with Crippen molar-refractivity contribution in [2.24, 2.45) is 5.84 Å². The summed E-state index contributed by atoms with van der Waals surface area (Å²) in [5, 5.41) is 8.71. The molecule has 110 valence electrons. The second-order valence-corrected chi connectivity index (χ2v) is 3.93. The second-order valence-electron chi connectivity index (χ2n) is 3.93. The number of nitrogens with two attached hydrogens (primary N) is 1. The zero-order valence-corrected chi connectivity index (χ0v) is 11.2. The number of amides is 1. The standard InChI is InChI=1S/C13H18N2O5/c1-19-12-8-9(2-4-11(12)20-7-6-16)10(17)3-5-13(18)15-14/h2,4,8,16H,3,5-7,14H2,1H3,(H,15,18). The molecule has 0 aromatic heterocycles. The van der Waals surface area contributed by atoms with Crippen LogP contribution in [0.25, 0.3) is 0 Å². The zero-order chi connectivity index (χ0) is 15.0. The molecule has 1 aromatic carbocycles. The Labute approximate surface area is 116 Å². The molecule has 0 aliphatic rings. The van der Waals surface area contributed by atoms with Crippen LogP contribution in [-0.4, -0.2) is 37.1 Å². The summed E-state index contributed by atoms with van der Waals surface area (Å²) in [5.74, 6) is 5.19. The number of ketones is 1. The number of hydrogen-bond donors (Lipinski definition) is 3. The summed E-state index contributed by atoms with van der Waals surface area (Å²) in [6, 6.07) is 4.71. The van der Waals surface area contributed by atoms with E-state index in [1.165, 1.54) is 13.2 Å². The van der Waals surface area contributed by atoms with Gasteiger partial charge < -0.3 is 14.6 Å². The van der Waals surface area contributed by atoms with Crippen LogP contribution in [0.15, 0.2) is 18.2 Å². The SMILES string of the molecule is COc1cc(C(=O)CCC(=O)NN)ccc1OCCO. The quantitative estimate of drug-likeness (QED) is 0.268. The van der Waals surface area contributed by atoms with Crippen LogP contribution in [0.4, 0.5) is 0 Å². The number of hydrazine groups is 1. The van der Waals surface area contributed by atoms with Gasteiger partial charge in [0.1, 0.15) is 6.61 Å². The number of Topliss-reactive ketones (excluding diaryl/α,β-unsaturated/α-hetero) is 1. The van der Waals surface area contributed by atoms with Gasteiger partial charge in [-0.25, -0.2) is 5.84 Å². The van der Waals surface area contributed by atoms with Gasteiger partial charge in [-0.1, -0.05) is 0 Å². The summed E-state index contributed by atoms with van der Waals surface area (Å²) in [5.41, 5.74) is 2.39. The minimum atomic E-state index is -0.395. The van der Waals surface area contributed by atoms with E-state index in [-0.39, 0.29) is 31.8 Å². The molecule has 0 fully saturated rings. The van der Waals surface area contributed by atoms with Gasteiger partial charge in [-0.2, -0.15) is 0 Å². The highest BCUT2D eigenvalue weighted by Crippen LogP contribution is 2.28. The molecule has 0 unspecified atom stereocenters. The van der Waals surface area contributed by atoms with E-state index in [0.29, 0.717) is 17.1 Å². The fourth-order valence-electron chi connectivity index (χ4n) is 1.56. The third kappa shape index (κ3) is 4.52. The van der Waals surface area contributed by atoms with E-state index in [0.717, 1.165) is 0 Å². The van der Waals surface area contributed by atoms with Gasteiger partial charge in [-0.05, 0) is 18.2 Å². The van der Waals surface area contributed by atoms with Crippen molar-refractivity contribution in [3.8, 4) is 11.5 Å². The lowest BCUT2D eigenvalue weighted by Crippen LogP contribution is -2.30. The summed E-state index contributed by atoms with van der Waals surface area (Å²) in [6.07, 6.45) is 0.0868.